The van der Waals surface area contributed by atoms with Crippen LogP contribution in [0.1, 0.15) is 18.2 Å². The number of hydrogen-bond acceptors (Lipinski definition) is 3. The van der Waals surface area contributed by atoms with Gasteiger partial charge in [-0.05, 0) is 30.2 Å². The van der Waals surface area contributed by atoms with Gasteiger partial charge in [0.05, 0.1) is 5.69 Å². The number of nitrogen functional groups attached to an aromatic ring is 1. The lowest BCUT2D eigenvalue weighted by Crippen LogP contribution is -2.14. The first-order chi connectivity index (χ1) is 8.13. The smallest absolute Gasteiger partial charge is 0.271 e. The highest BCUT2D eigenvalue weighted by Gasteiger charge is 2.05. The van der Waals surface area contributed by atoms with Crippen molar-refractivity contribution >= 4 is 5.69 Å². The van der Waals surface area contributed by atoms with Crippen LogP contribution in [0.4, 0.5) is 5.69 Å². The van der Waals surface area contributed by atoms with Crippen LogP contribution in [0, 0.1) is 0 Å². The van der Waals surface area contributed by atoms with E-state index in [9.17, 15) is 4.79 Å². The zero-order valence-corrected chi connectivity index (χ0v) is 9.73. The van der Waals surface area contributed by atoms with Crippen molar-refractivity contribution < 1.29 is 0 Å². The number of rotatable bonds is 3. The summed E-state index contributed by atoms with van der Waals surface area (Å²) in [5.41, 5.74) is 14.4. The Labute approximate surface area is 99.0 Å². The highest BCUT2D eigenvalue weighted by molar-refractivity contribution is 5.50. The van der Waals surface area contributed by atoms with Crippen LogP contribution in [0.3, 0.4) is 0 Å². The summed E-state index contributed by atoms with van der Waals surface area (Å²) in [5.74, 6) is 0. The minimum absolute atomic E-state index is 0.0876. The third-order valence-corrected chi connectivity index (χ3v) is 2.65. The Bertz CT molecular complexity index is 582. The van der Waals surface area contributed by atoms with Crippen LogP contribution < -0.4 is 17.0 Å². The maximum Gasteiger partial charge on any atom is 0.271 e. The average molecular weight is 232 g/mol. The van der Waals surface area contributed by atoms with E-state index in [1.54, 1.807) is 18.2 Å². The number of nitrogens with zero attached hydrogens (tertiary/aromatic N) is 1. The second-order valence-electron chi connectivity index (χ2n) is 3.95. The van der Waals surface area contributed by atoms with E-state index in [2.05, 4.69) is 5.10 Å². The summed E-state index contributed by atoms with van der Waals surface area (Å²) in [6, 6.07) is 6.99. The molecule has 0 aliphatic heterocycles. The van der Waals surface area contributed by atoms with E-state index in [1.807, 2.05) is 13.0 Å². The number of aromatic amines is 1. The van der Waals surface area contributed by atoms with Gasteiger partial charge in [0.2, 0.25) is 0 Å². The highest BCUT2D eigenvalue weighted by atomic mass is 16.1. The zero-order valence-electron chi connectivity index (χ0n) is 9.73. The quantitative estimate of drug-likeness (QED) is 0.683. The zero-order chi connectivity index (χ0) is 12.4. The number of anilines is 1. The maximum absolute atomic E-state index is 11.8. The van der Waals surface area contributed by atoms with Crippen molar-refractivity contribution in [3.63, 3.8) is 0 Å². The normalized spacial score (nSPS) is 10.7. The number of aryl methyl sites for hydroxylation is 1. The van der Waals surface area contributed by atoms with Crippen molar-refractivity contribution in [3.8, 4) is 5.69 Å². The number of nitrogens with one attached hydrogen (secondary N) is 1. The third-order valence-electron chi connectivity index (χ3n) is 2.65. The minimum atomic E-state index is -0.0876. The molecule has 0 spiro atoms. The molecule has 0 fully saturated rings. The first kappa shape index (κ1) is 11.5. The number of H-pyrrole nitrogens is 1. The van der Waals surface area contributed by atoms with Gasteiger partial charge >= 0.3 is 0 Å². The SMILES string of the molecule is CCc1cc(=O)n(-c2cc(N)cc(CN)c2)[nH]1. The second-order valence-corrected chi connectivity index (χ2v) is 3.95. The third kappa shape index (κ3) is 2.24. The van der Waals surface area contributed by atoms with E-state index >= 15 is 0 Å². The standard InChI is InChI=1S/C12H16N4O/c1-2-10-6-12(17)16(15-10)11-4-8(7-13)3-9(14)5-11/h3-6,15H,2,7,13-14H2,1H3. The molecule has 5 N–H and O–H groups in total. The Kier molecular flexibility index (Phi) is 3.01. The van der Waals surface area contributed by atoms with Crippen molar-refractivity contribution in [2.24, 2.45) is 5.73 Å². The van der Waals surface area contributed by atoms with E-state index < -0.39 is 0 Å². The summed E-state index contributed by atoms with van der Waals surface area (Å²) in [5, 5.41) is 3.03. The molecule has 1 aromatic carbocycles. The van der Waals surface area contributed by atoms with Crippen LogP contribution in [0.15, 0.2) is 29.1 Å². The second kappa shape index (κ2) is 4.47. The molecule has 0 unspecified atom stereocenters. The molecular weight excluding hydrogens is 216 g/mol. The molecule has 0 bridgehead atoms. The van der Waals surface area contributed by atoms with Crippen molar-refractivity contribution in [1.82, 2.24) is 9.78 Å². The molecule has 5 nitrogen and oxygen atoms in total. The van der Waals surface area contributed by atoms with Gasteiger partial charge in [-0.25, -0.2) is 4.68 Å². The van der Waals surface area contributed by atoms with Gasteiger partial charge < -0.3 is 11.5 Å². The van der Waals surface area contributed by atoms with E-state index in [0.29, 0.717) is 12.2 Å². The molecular formula is C12H16N4O. The largest absolute Gasteiger partial charge is 0.399 e. The van der Waals surface area contributed by atoms with Crippen molar-refractivity contribution in [2.45, 2.75) is 19.9 Å². The Hall–Kier alpha value is -2.01. The van der Waals surface area contributed by atoms with E-state index in [-0.39, 0.29) is 5.56 Å². The van der Waals surface area contributed by atoms with Crippen LogP contribution in [-0.4, -0.2) is 9.78 Å². The van der Waals surface area contributed by atoms with E-state index in [4.69, 9.17) is 11.5 Å². The molecule has 1 aromatic heterocycles. The summed E-state index contributed by atoms with van der Waals surface area (Å²) < 4.78 is 1.48. The number of nitrogens with two attached hydrogens (primary N) is 2. The summed E-state index contributed by atoms with van der Waals surface area (Å²) in [6.45, 7) is 2.38. The Balaban J connectivity index is 2.55. The molecule has 0 atom stereocenters. The van der Waals surface area contributed by atoms with Gasteiger partial charge in [0.1, 0.15) is 0 Å². The molecule has 0 radical (unpaired) electrons. The van der Waals surface area contributed by atoms with Gasteiger partial charge in [-0.15, -0.1) is 0 Å². The first-order valence-electron chi connectivity index (χ1n) is 5.55. The van der Waals surface area contributed by atoms with Crippen molar-refractivity contribution in [2.75, 3.05) is 5.73 Å². The Morgan fingerprint density at radius 1 is 1.29 bits per heavy atom. The molecule has 0 aliphatic carbocycles. The molecule has 0 saturated carbocycles. The molecule has 5 heteroatoms. The van der Waals surface area contributed by atoms with Gasteiger partial charge in [0, 0.05) is 24.0 Å². The van der Waals surface area contributed by atoms with Gasteiger partial charge in [0.15, 0.2) is 0 Å². The van der Waals surface area contributed by atoms with Crippen LogP contribution in [0.2, 0.25) is 0 Å². The molecule has 0 saturated heterocycles. The lowest BCUT2D eigenvalue weighted by molar-refractivity contribution is 0.817. The molecule has 17 heavy (non-hydrogen) atoms. The number of benzene rings is 1. The van der Waals surface area contributed by atoms with Gasteiger partial charge in [-0.1, -0.05) is 6.92 Å². The van der Waals surface area contributed by atoms with E-state index in [1.165, 1.54) is 4.68 Å². The number of aromatic nitrogens is 2. The van der Waals surface area contributed by atoms with Crippen LogP contribution in [0.5, 0.6) is 0 Å². The van der Waals surface area contributed by atoms with Gasteiger partial charge in [0.25, 0.3) is 5.56 Å². The first-order valence-corrected chi connectivity index (χ1v) is 5.55. The predicted octanol–water partition coefficient (Wildman–Crippen LogP) is 0.769. The minimum Gasteiger partial charge on any atom is -0.399 e. The van der Waals surface area contributed by atoms with Gasteiger partial charge in [-0.3, -0.25) is 9.89 Å². The fourth-order valence-corrected chi connectivity index (χ4v) is 1.76. The predicted molar refractivity (Wildman–Crippen MR) is 68.1 cm³/mol. The fourth-order valence-electron chi connectivity index (χ4n) is 1.76. The summed E-state index contributed by atoms with van der Waals surface area (Å²) in [7, 11) is 0. The van der Waals surface area contributed by atoms with Crippen LogP contribution >= 0.6 is 0 Å². The van der Waals surface area contributed by atoms with Crippen molar-refractivity contribution in [3.05, 3.63) is 45.9 Å². The summed E-state index contributed by atoms with van der Waals surface area (Å²) in [4.78, 5) is 11.8. The molecule has 0 amide bonds. The molecule has 1 heterocycles. The molecule has 2 aromatic rings. The lowest BCUT2D eigenvalue weighted by atomic mass is 10.2. The van der Waals surface area contributed by atoms with Crippen LogP contribution in [-0.2, 0) is 13.0 Å². The summed E-state index contributed by atoms with van der Waals surface area (Å²) in [6.07, 6.45) is 0.786. The molecule has 0 aliphatic rings. The van der Waals surface area contributed by atoms with Gasteiger partial charge in [-0.2, -0.15) is 0 Å². The molecule has 2 rings (SSSR count). The topological polar surface area (TPSA) is 89.8 Å². The Morgan fingerprint density at radius 3 is 2.65 bits per heavy atom. The maximum atomic E-state index is 11.8. The fraction of sp³-hybridized carbons (Fsp3) is 0.250. The monoisotopic (exact) mass is 232 g/mol. The highest BCUT2D eigenvalue weighted by Crippen LogP contribution is 2.14. The lowest BCUT2D eigenvalue weighted by Gasteiger charge is -2.06. The van der Waals surface area contributed by atoms with Crippen molar-refractivity contribution in [1.29, 1.82) is 0 Å². The molecule has 90 valence electrons. The number of hydrogen-bond donors (Lipinski definition) is 3. The van der Waals surface area contributed by atoms with Crippen LogP contribution in [0.25, 0.3) is 5.69 Å². The Morgan fingerprint density at radius 2 is 2.06 bits per heavy atom. The summed E-state index contributed by atoms with van der Waals surface area (Å²) >= 11 is 0. The van der Waals surface area contributed by atoms with E-state index in [0.717, 1.165) is 23.4 Å². The average Bonchev–Trinajstić information content (AvgIpc) is 2.69.